The van der Waals surface area contributed by atoms with E-state index in [9.17, 15) is 0 Å². The van der Waals surface area contributed by atoms with Gasteiger partial charge in [0.2, 0.25) is 0 Å². The summed E-state index contributed by atoms with van der Waals surface area (Å²) in [6, 6.07) is 19.0. The van der Waals surface area contributed by atoms with Crippen LogP contribution in [0.3, 0.4) is 0 Å². The lowest BCUT2D eigenvalue weighted by Crippen LogP contribution is -2.06. The van der Waals surface area contributed by atoms with Crippen LogP contribution >= 0.6 is 11.5 Å². The standard InChI is InChI=1S/C22H23N3OS/c1-16-6-11-20-19(15-16)23-22-21(27-24(20)2)5-4-13-25(22)14-12-17-7-9-18(26-3)10-8-17/h4-11,13,15H,12,14H2,1-3H3. The molecule has 138 valence electrons. The van der Waals surface area contributed by atoms with E-state index in [1.54, 1.807) is 18.6 Å². The number of nitrogens with zero attached hydrogens (tertiary/aromatic N) is 3. The number of pyridine rings is 1. The van der Waals surface area contributed by atoms with Gasteiger partial charge in [0.25, 0.3) is 0 Å². The predicted molar refractivity (Wildman–Crippen MR) is 112 cm³/mol. The van der Waals surface area contributed by atoms with Crippen molar-refractivity contribution in [3.05, 3.63) is 71.9 Å². The van der Waals surface area contributed by atoms with E-state index in [0.29, 0.717) is 0 Å². The van der Waals surface area contributed by atoms with Crippen molar-refractivity contribution >= 4 is 22.6 Å². The SMILES string of the molecule is COc1ccc(CCn2cccc3sn(C)c4ccc(C)cc4nc2-3)cc1. The lowest BCUT2D eigenvalue weighted by Gasteiger charge is -2.12. The van der Waals surface area contributed by atoms with Crippen molar-refractivity contribution in [1.29, 1.82) is 0 Å². The molecule has 2 aliphatic heterocycles. The van der Waals surface area contributed by atoms with E-state index in [0.717, 1.165) is 35.6 Å². The van der Waals surface area contributed by atoms with Crippen LogP contribution in [0.25, 0.3) is 21.7 Å². The van der Waals surface area contributed by atoms with Crippen molar-refractivity contribution in [2.45, 2.75) is 19.9 Å². The average Bonchev–Trinajstić information content (AvgIpc) is 2.82. The molecule has 0 unspecified atom stereocenters. The van der Waals surface area contributed by atoms with Gasteiger partial charge in [-0.05, 0) is 60.9 Å². The van der Waals surface area contributed by atoms with E-state index in [1.807, 2.05) is 12.1 Å². The highest BCUT2D eigenvalue weighted by Crippen LogP contribution is 2.26. The van der Waals surface area contributed by atoms with Crippen molar-refractivity contribution in [2.75, 3.05) is 7.11 Å². The molecule has 0 spiro atoms. The Morgan fingerprint density at radius 3 is 2.67 bits per heavy atom. The second-order valence-electron chi connectivity index (χ2n) is 6.68. The molecular weight excluding hydrogens is 354 g/mol. The Balaban J connectivity index is 1.74. The first-order valence-electron chi connectivity index (χ1n) is 9.03. The molecule has 0 radical (unpaired) electrons. The molecule has 2 aromatic carbocycles. The summed E-state index contributed by atoms with van der Waals surface area (Å²) in [5.74, 6) is 1.91. The zero-order valence-electron chi connectivity index (χ0n) is 15.8. The number of fused-ring (bicyclic) bond motifs is 2. The second-order valence-corrected chi connectivity index (χ2v) is 7.85. The minimum Gasteiger partial charge on any atom is -0.497 e. The van der Waals surface area contributed by atoms with Crippen molar-refractivity contribution in [3.63, 3.8) is 0 Å². The monoisotopic (exact) mass is 377 g/mol. The minimum absolute atomic E-state index is 0.879. The van der Waals surface area contributed by atoms with Crippen LogP contribution in [0.5, 0.6) is 5.75 Å². The summed E-state index contributed by atoms with van der Waals surface area (Å²) in [5.41, 5.74) is 4.67. The van der Waals surface area contributed by atoms with Gasteiger partial charge in [0.05, 0.1) is 23.0 Å². The highest BCUT2D eigenvalue weighted by Gasteiger charge is 2.10. The molecule has 0 aromatic heterocycles. The first-order chi connectivity index (χ1) is 13.1. The Kier molecular flexibility index (Phi) is 4.86. The summed E-state index contributed by atoms with van der Waals surface area (Å²) in [5, 5.41) is 0. The molecule has 2 aromatic rings. The predicted octanol–water partition coefficient (Wildman–Crippen LogP) is 5.23. The largest absolute Gasteiger partial charge is 0.497 e. The van der Waals surface area contributed by atoms with Crippen LogP contribution < -0.4 is 4.74 Å². The maximum Gasteiger partial charge on any atom is 0.152 e. The Bertz CT molecular complexity index is 1090. The van der Waals surface area contributed by atoms with E-state index >= 15 is 0 Å². The molecule has 0 saturated carbocycles. The highest BCUT2D eigenvalue weighted by atomic mass is 32.1. The van der Waals surface area contributed by atoms with Gasteiger partial charge in [-0.3, -0.25) is 3.96 Å². The molecule has 0 N–H and O–H groups in total. The summed E-state index contributed by atoms with van der Waals surface area (Å²) in [4.78, 5) is 6.20. The second kappa shape index (κ2) is 7.45. The van der Waals surface area contributed by atoms with Crippen molar-refractivity contribution in [1.82, 2.24) is 13.5 Å². The number of aryl methyl sites for hydroxylation is 4. The quantitative estimate of drug-likeness (QED) is 0.488. The Labute approximate surface area is 163 Å². The number of benzene rings is 2. The highest BCUT2D eigenvalue weighted by molar-refractivity contribution is 7.10. The molecule has 2 aliphatic rings. The molecule has 4 nitrogen and oxygen atoms in total. The topological polar surface area (TPSA) is 32.0 Å². The summed E-state index contributed by atoms with van der Waals surface area (Å²) in [6.07, 6.45) is 3.06. The zero-order valence-corrected chi connectivity index (χ0v) is 16.7. The van der Waals surface area contributed by atoms with Gasteiger partial charge in [-0.15, -0.1) is 0 Å². The summed E-state index contributed by atoms with van der Waals surface area (Å²) in [6.45, 7) is 2.99. The molecule has 5 heteroatoms. The van der Waals surface area contributed by atoms with Gasteiger partial charge >= 0.3 is 0 Å². The number of methoxy groups -OCH3 is 1. The third kappa shape index (κ3) is 3.69. The molecule has 0 saturated heterocycles. The maximum absolute atomic E-state index is 5.25. The van der Waals surface area contributed by atoms with Crippen molar-refractivity contribution in [3.8, 4) is 16.5 Å². The van der Waals surface area contributed by atoms with Crippen LogP contribution in [-0.2, 0) is 20.0 Å². The fourth-order valence-electron chi connectivity index (χ4n) is 3.23. The fraction of sp³-hybridized carbons (Fsp3) is 0.227. The molecule has 2 heterocycles. The van der Waals surface area contributed by atoms with Crippen LogP contribution in [0.4, 0.5) is 0 Å². The van der Waals surface area contributed by atoms with Gasteiger partial charge in [-0.2, -0.15) is 0 Å². The Hall–Kier alpha value is -2.79. The maximum atomic E-state index is 5.25. The lowest BCUT2D eigenvalue weighted by atomic mass is 10.1. The summed E-state index contributed by atoms with van der Waals surface area (Å²) < 4.78 is 9.69. The number of hydrogen-bond acceptors (Lipinski definition) is 3. The first kappa shape index (κ1) is 17.6. The van der Waals surface area contributed by atoms with E-state index < -0.39 is 0 Å². The van der Waals surface area contributed by atoms with Gasteiger partial charge in [0.1, 0.15) is 5.75 Å². The number of aromatic nitrogens is 3. The normalized spacial score (nSPS) is 11.1. The minimum atomic E-state index is 0.879. The van der Waals surface area contributed by atoms with Gasteiger partial charge in [0.15, 0.2) is 5.82 Å². The van der Waals surface area contributed by atoms with E-state index in [1.165, 1.54) is 16.0 Å². The molecule has 0 bridgehead atoms. The fourth-order valence-corrected chi connectivity index (χ4v) is 4.17. The third-order valence-corrected chi connectivity index (χ3v) is 5.72. The van der Waals surface area contributed by atoms with E-state index in [4.69, 9.17) is 9.72 Å². The zero-order chi connectivity index (χ0) is 18.8. The van der Waals surface area contributed by atoms with Crippen LogP contribution in [0.1, 0.15) is 11.1 Å². The smallest absolute Gasteiger partial charge is 0.152 e. The molecule has 0 fully saturated rings. The third-order valence-electron chi connectivity index (χ3n) is 4.74. The van der Waals surface area contributed by atoms with E-state index in [-0.39, 0.29) is 0 Å². The van der Waals surface area contributed by atoms with Crippen LogP contribution in [0, 0.1) is 6.92 Å². The molecule has 0 amide bonds. The van der Waals surface area contributed by atoms with Crippen LogP contribution in [-0.4, -0.2) is 20.6 Å². The number of hydrogen-bond donors (Lipinski definition) is 0. The molecule has 0 aliphatic carbocycles. The molecule has 0 atom stereocenters. The summed E-state index contributed by atoms with van der Waals surface area (Å²) in [7, 11) is 3.79. The van der Waals surface area contributed by atoms with Gasteiger partial charge in [0, 0.05) is 19.8 Å². The van der Waals surface area contributed by atoms with E-state index in [2.05, 4.69) is 71.2 Å². The number of ether oxygens (including phenoxy) is 1. The van der Waals surface area contributed by atoms with Gasteiger partial charge in [-0.25, -0.2) is 4.98 Å². The lowest BCUT2D eigenvalue weighted by molar-refractivity contribution is 0.414. The van der Waals surface area contributed by atoms with Crippen molar-refractivity contribution < 1.29 is 4.74 Å². The van der Waals surface area contributed by atoms with Gasteiger partial charge in [-0.1, -0.05) is 29.7 Å². The summed E-state index contributed by atoms with van der Waals surface area (Å²) >= 11 is 1.72. The Morgan fingerprint density at radius 2 is 1.89 bits per heavy atom. The molecular formula is C22H23N3OS. The van der Waals surface area contributed by atoms with Gasteiger partial charge < -0.3 is 9.30 Å². The first-order valence-corrected chi connectivity index (χ1v) is 9.81. The van der Waals surface area contributed by atoms with Crippen LogP contribution in [0.15, 0.2) is 60.8 Å². The Morgan fingerprint density at radius 1 is 1.07 bits per heavy atom. The molecule has 4 rings (SSSR count). The van der Waals surface area contributed by atoms with Crippen molar-refractivity contribution in [2.24, 2.45) is 7.05 Å². The molecule has 27 heavy (non-hydrogen) atoms. The number of rotatable bonds is 4. The van der Waals surface area contributed by atoms with Crippen LogP contribution in [0.2, 0.25) is 0 Å². The average molecular weight is 378 g/mol.